The summed E-state index contributed by atoms with van der Waals surface area (Å²) in [6.45, 7) is 5.05. The fourth-order valence-electron chi connectivity index (χ4n) is 2.90. The van der Waals surface area contributed by atoms with Crippen LogP contribution in [0.1, 0.15) is 11.1 Å². The number of hydrogen-bond acceptors (Lipinski definition) is 2. The SMILES string of the molecule is Fc1ccc(CNC(=S)N2CCN(Cc3ccc(Cl)c(Cl)c3)CC2)cc1. The highest BCUT2D eigenvalue weighted by Gasteiger charge is 2.19. The van der Waals surface area contributed by atoms with Crippen LogP contribution in [0.2, 0.25) is 10.0 Å². The summed E-state index contributed by atoms with van der Waals surface area (Å²) in [4.78, 5) is 4.54. The summed E-state index contributed by atoms with van der Waals surface area (Å²) in [5.74, 6) is -0.227. The number of benzene rings is 2. The van der Waals surface area contributed by atoms with Gasteiger partial charge in [0.25, 0.3) is 0 Å². The molecule has 3 nitrogen and oxygen atoms in total. The van der Waals surface area contributed by atoms with E-state index in [-0.39, 0.29) is 5.82 Å². The van der Waals surface area contributed by atoms with Gasteiger partial charge in [-0.05, 0) is 47.6 Å². The summed E-state index contributed by atoms with van der Waals surface area (Å²) >= 11 is 17.5. The fraction of sp³-hybridized carbons (Fsp3) is 0.316. The lowest BCUT2D eigenvalue weighted by molar-refractivity contribution is 0.174. The Bertz CT molecular complexity index is 762. The maximum absolute atomic E-state index is 12.9. The van der Waals surface area contributed by atoms with Crippen LogP contribution >= 0.6 is 35.4 Å². The third-order valence-electron chi connectivity index (χ3n) is 4.41. The first-order valence-electron chi connectivity index (χ1n) is 8.45. The molecule has 2 aromatic carbocycles. The number of rotatable bonds is 4. The minimum Gasteiger partial charge on any atom is -0.358 e. The summed E-state index contributed by atoms with van der Waals surface area (Å²) in [7, 11) is 0. The van der Waals surface area contributed by atoms with Gasteiger partial charge in [0, 0.05) is 39.3 Å². The first-order valence-corrected chi connectivity index (χ1v) is 9.61. The molecule has 1 aliphatic heterocycles. The van der Waals surface area contributed by atoms with Crippen LogP contribution in [-0.4, -0.2) is 41.1 Å². The zero-order valence-electron chi connectivity index (χ0n) is 14.2. The van der Waals surface area contributed by atoms with E-state index in [0.29, 0.717) is 16.6 Å². The summed E-state index contributed by atoms with van der Waals surface area (Å²) in [5, 5.41) is 5.16. The highest BCUT2D eigenvalue weighted by molar-refractivity contribution is 7.80. The van der Waals surface area contributed by atoms with E-state index in [1.54, 1.807) is 12.1 Å². The van der Waals surface area contributed by atoms with Gasteiger partial charge in [0.05, 0.1) is 10.0 Å². The van der Waals surface area contributed by atoms with Gasteiger partial charge in [-0.25, -0.2) is 4.39 Å². The van der Waals surface area contributed by atoms with E-state index < -0.39 is 0 Å². The third-order valence-corrected chi connectivity index (χ3v) is 5.55. The highest BCUT2D eigenvalue weighted by Crippen LogP contribution is 2.23. The van der Waals surface area contributed by atoms with Gasteiger partial charge >= 0.3 is 0 Å². The molecule has 0 unspecified atom stereocenters. The smallest absolute Gasteiger partial charge is 0.169 e. The van der Waals surface area contributed by atoms with Crippen LogP contribution in [0.3, 0.4) is 0 Å². The Balaban J connectivity index is 1.44. The van der Waals surface area contributed by atoms with Crippen molar-refractivity contribution in [3.8, 4) is 0 Å². The van der Waals surface area contributed by atoms with Crippen molar-refractivity contribution in [3.05, 3.63) is 69.5 Å². The molecule has 0 aliphatic carbocycles. The van der Waals surface area contributed by atoms with Gasteiger partial charge in [-0.1, -0.05) is 41.4 Å². The molecule has 138 valence electrons. The van der Waals surface area contributed by atoms with Crippen molar-refractivity contribution in [2.45, 2.75) is 13.1 Å². The van der Waals surface area contributed by atoms with E-state index in [1.165, 1.54) is 12.1 Å². The van der Waals surface area contributed by atoms with Crippen LogP contribution in [0.5, 0.6) is 0 Å². The number of hydrogen-bond donors (Lipinski definition) is 1. The van der Waals surface area contributed by atoms with Crippen molar-refractivity contribution in [3.63, 3.8) is 0 Å². The zero-order valence-corrected chi connectivity index (χ0v) is 16.5. The van der Waals surface area contributed by atoms with Gasteiger partial charge in [-0.3, -0.25) is 4.90 Å². The predicted molar refractivity (Wildman–Crippen MR) is 109 cm³/mol. The Morgan fingerprint density at radius 3 is 2.27 bits per heavy atom. The predicted octanol–water partition coefficient (Wildman–Crippen LogP) is 4.32. The second-order valence-corrected chi connectivity index (χ2v) is 7.50. The first kappa shape index (κ1) is 19.4. The molecule has 3 rings (SSSR count). The topological polar surface area (TPSA) is 18.5 Å². The van der Waals surface area contributed by atoms with E-state index >= 15 is 0 Å². The molecule has 26 heavy (non-hydrogen) atoms. The lowest BCUT2D eigenvalue weighted by atomic mass is 10.2. The molecule has 1 aliphatic rings. The van der Waals surface area contributed by atoms with Crippen molar-refractivity contribution in [1.82, 2.24) is 15.1 Å². The second kappa shape index (κ2) is 9.00. The van der Waals surface area contributed by atoms with Gasteiger partial charge in [0.1, 0.15) is 5.82 Å². The molecular weight excluding hydrogens is 392 g/mol. The number of halogens is 3. The fourth-order valence-corrected chi connectivity index (χ4v) is 3.47. The normalized spacial score (nSPS) is 15.1. The van der Waals surface area contributed by atoms with Gasteiger partial charge in [-0.15, -0.1) is 0 Å². The molecule has 0 atom stereocenters. The quantitative estimate of drug-likeness (QED) is 0.754. The monoisotopic (exact) mass is 411 g/mol. The molecule has 0 saturated carbocycles. The summed E-state index contributed by atoms with van der Waals surface area (Å²) in [6, 6.07) is 12.2. The second-order valence-electron chi connectivity index (χ2n) is 6.30. The first-order chi connectivity index (χ1) is 12.5. The highest BCUT2D eigenvalue weighted by atomic mass is 35.5. The van der Waals surface area contributed by atoms with E-state index in [4.69, 9.17) is 35.4 Å². The van der Waals surface area contributed by atoms with Gasteiger partial charge in [-0.2, -0.15) is 0 Å². The van der Waals surface area contributed by atoms with Crippen LogP contribution in [-0.2, 0) is 13.1 Å². The van der Waals surface area contributed by atoms with Crippen LogP contribution < -0.4 is 5.32 Å². The minimum absolute atomic E-state index is 0.227. The van der Waals surface area contributed by atoms with E-state index in [2.05, 4.69) is 15.1 Å². The zero-order chi connectivity index (χ0) is 18.5. The Morgan fingerprint density at radius 1 is 0.962 bits per heavy atom. The Morgan fingerprint density at radius 2 is 1.62 bits per heavy atom. The number of nitrogens with one attached hydrogen (secondary N) is 1. The molecule has 0 bridgehead atoms. The molecular formula is C19H20Cl2FN3S. The van der Waals surface area contributed by atoms with E-state index in [0.717, 1.165) is 49.0 Å². The van der Waals surface area contributed by atoms with Gasteiger partial charge < -0.3 is 10.2 Å². The molecule has 0 amide bonds. The average Bonchev–Trinajstić information content (AvgIpc) is 2.65. The number of piperazine rings is 1. The van der Waals surface area contributed by atoms with Crippen molar-refractivity contribution < 1.29 is 4.39 Å². The Hall–Kier alpha value is -1.40. The van der Waals surface area contributed by atoms with Crippen LogP contribution in [0.15, 0.2) is 42.5 Å². The molecule has 7 heteroatoms. The van der Waals surface area contributed by atoms with Crippen LogP contribution in [0.4, 0.5) is 4.39 Å². The van der Waals surface area contributed by atoms with Crippen molar-refractivity contribution in [1.29, 1.82) is 0 Å². The number of thiocarbonyl (C=S) groups is 1. The van der Waals surface area contributed by atoms with Gasteiger partial charge in [0.15, 0.2) is 5.11 Å². The molecule has 1 fully saturated rings. The van der Waals surface area contributed by atoms with Crippen molar-refractivity contribution in [2.75, 3.05) is 26.2 Å². The summed E-state index contributed by atoms with van der Waals surface area (Å²) in [5.41, 5.74) is 2.16. The minimum atomic E-state index is -0.227. The summed E-state index contributed by atoms with van der Waals surface area (Å²) < 4.78 is 12.9. The van der Waals surface area contributed by atoms with Crippen molar-refractivity contribution in [2.24, 2.45) is 0 Å². The van der Waals surface area contributed by atoms with Gasteiger partial charge in [0.2, 0.25) is 0 Å². The largest absolute Gasteiger partial charge is 0.358 e. The summed E-state index contributed by atoms with van der Waals surface area (Å²) in [6.07, 6.45) is 0. The third kappa shape index (κ3) is 5.30. The molecule has 2 aromatic rings. The Kier molecular flexibility index (Phi) is 6.70. The molecule has 1 N–H and O–H groups in total. The molecule has 0 aromatic heterocycles. The average molecular weight is 412 g/mol. The Labute approximate surface area is 168 Å². The maximum atomic E-state index is 12.9. The van der Waals surface area contributed by atoms with Crippen LogP contribution in [0, 0.1) is 5.82 Å². The molecule has 1 saturated heterocycles. The lowest BCUT2D eigenvalue weighted by Crippen LogP contribution is -2.51. The standard InChI is InChI=1S/C19H20Cl2FN3S/c20-17-6-3-15(11-18(17)21)13-24-7-9-25(10-8-24)19(26)23-12-14-1-4-16(22)5-2-14/h1-6,11H,7-10,12-13H2,(H,23,26). The lowest BCUT2D eigenvalue weighted by Gasteiger charge is -2.36. The van der Waals surface area contributed by atoms with Crippen LogP contribution in [0.25, 0.3) is 0 Å². The number of nitrogens with zero attached hydrogens (tertiary/aromatic N) is 2. The van der Waals surface area contributed by atoms with E-state index in [9.17, 15) is 4.39 Å². The molecule has 0 spiro atoms. The molecule has 1 heterocycles. The van der Waals surface area contributed by atoms with E-state index in [1.807, 2.05) is 18.2 Å². The molecule has 0 radical (unpaired) electrons. The maximum Gasteiger partial charge on any atom is 0.169 e. The van der Waals surface area contributed by atoms with Crippen molar-refractivity contribution >= 4 is 40.5 Å².